The van der Waals surface area contributed by atoms with Crippen LogP contribution in [0.25, 0.3) is 0 Å². The van der Waals surface area contributed by atoms with Crippen molar-refractivity contribution in [3.05, 3.63) is 0 Å². The zero-order valence-electron chi connectivity index (χ0n) is 16.0. The number of hydrogen-bond donors (Lipinski definition) is 2. The quantitative estimate of drug-likeness (QED) is 0.499. The van der Waals surface area contributed by atoms with Gasteiger partial charge in [0.15, 0.2) is 0 Å². The zero-order chi connectivity index (χ0) is 23.1. The maximum Gasteiger partial charge on any atom is 0.438 e. The van der Waals surface area contributed by atoms with Gasteiger partial charge in [0.05, 0.1) is 0 Å². The van der Waals surface area contributed by atoms with E-state index in [4.69, 9.17) is 0 Å². The van der Waals surface area contributed by atoms with Gasteiger partial charge in [0.2, 0.25) is 11.8 Å². The Morgan fingerprint density at radius 1 is 0.833 bits per heavy atom. The van der Waals surface area contributed by atoms with Gasteiger partial charge >= 0.3 is 12.4 Å². The fourth-order valence-electron chi connectivity index (χ4n) is 3.17. The predicted molar refractivity (Wildman–Crippen MR) is 89.6 cm³/mol. The molecule has 0 aromatic carbocycles. The average Bonchev–Trinajstić information content (AvgIpc) is 3.07. The van der Waals surface area contributed by atoms with Crippen LogP contribution in [0, 0.1) is 0 Å². The fourth-order valence-corrected chi connectivity index (χ4v) is 3.17. The van der Waals surface area contributed by atoms with Crippen molar-refractivity contribution >= 4 is 23.2 Å². The summed E-state index contributed by atoms with van der Waals surface area (Å²) in [6, 6.07) is 0. The number of nitrogens with zero attached hydrogens (tertiary/aromatic N) is 4. The third kappa shape index (κ3) is 4.29. The van der Waals surface area contributed by atoms with E-state index in [0.717, 1.165) is 0 Å². The summed E-state index contributed by atoms with van der Waals surface area (Å²) in [5, 5.41) is 26.4. The van der Waals surface area contributed by atoms with Gasteiger partial charge in [-0.1, -0.05) is 0 Å². The number of rotatable bonds is 5. The second kappa shape index (κ2) is 7.80. The van der Waals surface area contributed by atoms with Crippen LogP contribution in [0.4, 0.5) is 26.3 Å². The number of hydrazone groups is 2. The van der Waals surface area contributed by atoms with E-state index < -0.39 is 61.3 Å². The molecule has 30 heavy (non-hydrogen) atoms. The first-order valence-corrected chi connectivity index (χ1v) is 8.85. The van der Waals surface area contributed by atoms with Crippen molar-refractivity contribution in [1.29, 1.82) is 0 Å². The van der Waals surface area contributed by atoms with Gasteiger partial charge in [-0.3, -0.25) is 9.59 Å². The maximum atomic E-state index is 13.1. The van der Waals surface area contributed by atoms with Crippen LogP contribution < -0.4 is 0 Å². The Morgan fingerprint density at radius 3 is 1.40 bits per heavy atom. The maximum absolute atomic E-state index is 13.1. The van der Waals surface area contributed by atoms with Crippen molar-refractivity contribution in [2.45, 2.75) is 76.2 Å². The lowest BCUT2D eigenvalue weighted by molar-refractivity contribution is -0.302. The van der Waals surface area contributed by atoms with Crippen LogP contribution in [0.5, 0.6) is 0 Å². The molecule has 8 nitrogen and oxygen atoms in total. The van der Waals surface area contributed by atoms with Gasteiger partial charge in [-0.2, -0.15) is 46.6 Å². The number of hydrogen-bond acceptors (Lipinski definition) is 6. The van der Waals surface area contributed by atoms with E-state index in [1.807, 2.05) is 0 Å². The molecule has 0 saturated carbocycles. The molecular formula is C16H20F6N4O4. The van der Waals surface area contributed by atoms with E-state index in [0.29, 0.717) is 0 Å². The van der Waals surface area contributed by atoms with Gasteiger partial charge in [-0.15, -0.1) is 0 Å². The van der Waals surface area contributed by atoms with Crippen LogP contribution in [-0.4, -0.2) is 67.3 Å². The Labute approximate surface area is 166 Å². The molecule has 170 valence electrons. The molecule has 2 atom stereocenters. The van der Waals surface area contributed by atoms with Gasteiger partial charge in [0.1, 0.15) is 0 Å². The highest BCUT2D eigenvalue weighted by atomic mass is 19.4. The summed E-state index contributed by atoms with van der Waals surface area (Å²) in [4.78, 5) is 24.2. The van der Waals surface area contributed by atoms with Crippen LogP contribution >= 0.6 is 0 Å². The first-order valence-electron chi connectivity index (χ1n) is 8.85. The average molecular weight is 446 g/mol. The first-order chi connectivity index (χ1) is 13.5. The summed E-state index contributed by atoms with van der Waals surface area (Å²) in [6.45, 7) is 2.42. The molecule has 0 spiro atoms. The summed E-state index contributed by atoms with van der Waals surface area (Å²) in [5.41, 5.74) is -7.14. The summed E-state index contributed by atoms with van der Waals surface area (Å²) in [6.07, 6.45) is -13.5. The molecular weight excluding hydrogens is 426 g/mol. The predicted octanol–water partition coefficient (Wildman–Crippen LogP) is 2.27. The molecule has 2 aliphatic heterocycles. The van der Waals surface area contributed by atoms with Crippen LogP contribution in [0.15, 0.2) is 10.2 Å². The molecule has 0 aromatic rings. The number of unbranched alkanes of at least 4 members (excludes halogenated alkanes) is 1. The van der Waals surface area contributed by atoms with Crippen molar-refractivity contribution in [1.82, 2.24) is 10.0 Å². The lowest BCUT2D eigenvalue weighted by Crippen LogP contribution is -2.56. The molecule has 14 heteroatoms. The Kier molecular flexibility index (Phi) is 6.25. The molecule has 0 saturated heterocycles. The molecule has 2 rings (SSSR count). The van der Waals surface area contributed by atoms with Crippen LogP contribution in [-0.2, 0) is 9.59 Å². The molecule has 0 aliphatic carbocycles. The topological polar surface area (TPSA) is 106 Å². The van der Waals surface area contributed by atoms with Crippen molar-refractivity contribution in [2.75, 3.05) is 0 Å². The molecule has 2 amide bonds. The Hall–Kier alpha value is -2.22. The molecule has 0 fully saturated rings. The van der Waals surface area contributed by atoms with Crippen molar-refractivity contribution < 1.29 is 46.1 Å². The third-order valence-electron chi connectivity index (χ3n) is 4.66. The number of carbonyl (C=O) groups is 2. The highest BCUT2D eigenvalue weighted by Gasteiger charge is 2.63. The van der Waals surface area contributed by atoms with Gasteiger partial charge in [0.25, 0.3) is 11.4 Å². The summed E-state index contributed by atoms with van der Waals surface area (Å²) >= 11 is 0. The summed E-state index contributed by atoms with van der Waals surface area (Å²) in [7, 11) is 0. The highest BCUT2D eigenvalue weighted by molar-refractivity contribution is 5.90. The Balaban J connectivity index is 1.93. The minimum atomic E-state index is -5.15. The van der Waals surface area contributed by atoms with Crippen molar-refractivity contribution in [2.24, 2.45) is 10.2 Å². The van der Waals surface area contributed by atoms with E-state index in [-0.39, 0.29) is 34.3 Å². The number of aliphatic hydroxyl groups is 2. The lowest BCUT2D eigenvalue weighted by atomic mass is 10.1. The largest absolute Gasteiger partial charge is 0.438 e. The summed E-state index contributed by atoms with van der Waals surface area (Å²) < 4.78 is 78.6. The molecule has 0 unspecified atom stereocenters. The Bertz CT molecular complexity index is 717. The monoisotopic (exact) mass is 446 g/mol. The van der Waals surface area contributed by atoms with Crippen molar-refractivity contribution in [3.8, 4) is 0 Å². The van der Waals surface area contributed by atoms with E-state index in [1.165, 1.54) is 13.8 Å². The fraction of sp³-hybridized carbons (Fsp3) is 0.750. The zero-order valence-corrected chi connectivity index (χ0v) is 16.0. The van der Waals surface area contributed by atoms with E-state index in [1.54, 1.807) is 0 Å². The number of amides is 2. The number of halogens is 6. The van der Waals surface area contributed by atoms with Crippen LogP contribution in [0.2, 0.25) is 0 Å². The standard InChI is InChI=1S/C16H20F6N4O4/c1-9-7-13(29,15(17,18)19)25(23-9)11(27)5-3-4-6-12(28)26-14(30,16(20,21)22)8-10(2)24-26/h29-30H,3-8H2,1-2H3/t13-,14-/m0/s1. The minimum absolute atomic E-state index is 0.0549. The normalized spacial score (nSPS) is 27.4. The van der Waals surface area contributed by atoms with E-state index in [2.05, 4.69) is 10.2 Å². The number of carbonyl (C=O) groups excluding carboxylic acids is 2. The summed E-state index contributed by atoms with van der Waals surface area (Å²) in [5.74, 6) is -2.30. The molecule has 2 aliphatic rings. The first kappa shape index (κ1) is 24.1. The molecule has 0 radical (unpaired) electrons. The van der Waals surface area contributed by atoms with Gasteiger partial charge in [-0.05, 0) is 26.7 Å². The van der Waals surface area contributed by atoms with Gasteiger partial charge in [0, 0.05) is 37.1 Å². The molecule has 0 aromatic heterocycles. The second-order valence-electron chi connectivity index (χ2n) is 7.27. The van der Waals surface area contributed by atoms with Crippen LogP contribution in [0.1, 0.15) is 52.4 Å². The molecule has 0 bridgehead atoms. The lowest BCUT2D eigenvalue weighted by Gasteiger charge is -2.33. The van der Waals surface area contributed by atoms with Gasteiger partial charge < -0.3 is 10.2 Å². The smallest absolute Gasteiger partial charge is 0.362 e. The van der Waals surface area contributed by atoms with Crippen LogP contribution in [0.3, 0.4) is 0 Å². The van der Waals surface area contributed by atoms with E-state index in [9.17, 15) is 46.1 Å². The third-order valence-corrected chi connectivity index (χ3v) is 4.66. The minimum Gasteiger partial charge on any atom is -0.362 e. The van der Waals surface area contributed by atoms with Crippen molar-refractivity contribution in [3.63, 3.8) is 0 Å². The Morgan fingerprint density at radius 2 is 1.13 bits per heavy atom. The highest BCUT2D eigenvalue weighted by Crippen LogP contribution is 2.41. The molecule has 2 heterocycles. The van der Waals surface area contributed by atoms with E-state index >= 15 is 0 Å². The number of alkyl halides is 6. The molecule has 2 N–H and O–H groups in total. The van der Waals surface area contributed by atoms with Gasteiger partial charge in [-0.25, -0.2) is 0 Å². The SMILES string of the molecule is CC1=NN(C(=O)CCCCC(=O)N2N=C(C)C[C@]2(O)C(F)(F)F)[C@@](O)(C(F)(F)F)C1. The second-order valence-corrected chi connectivity index (χ2v) is 7.27.